The molecule has 0 radical (unpaired) electrons. The number of aromatic nitrogens is 3. The molecule has 0 atom stereocenters. The first-order valence-electron chi connectivity index (χ1n) is 5.68. The first-order chi connectivity index (χ1) is 7.10. The van der Waals surface area contributed by atoms with Crippen molar-refractivity contribution in [3.8, 4) is 0 Å². The Labute approximate surface area is 96.8 Å². The summed E-state index contributed by atoms with van der Waals surface area (Å²) in [5.41, 5.74) is 0. The van der Waals surface area contributed by atoms with Gasteiger partial charge in [-0.25, -0.2) is 0 Å². The lowest BCUT2D eigenvalue weighted by Crippen LogP contribution is -2.13. The van der Waals surface area contributed by atoms with E-state index in [9.17, 15) is 0 Å². The van der Waals surface area contributed by atoms with Gasteiger partial charge in [0.05, 0.1) is 0 Å². The third kappa shape index (κ3) is 2.94. The Balaban J connectivity index is 2.87. The minimum atomic E-state index is 0.374. The zero-order chi connectivity index (χ0) is 11.4. The molecule has 0 saturated heterocycles. The quantitative estimate of drug-likeness (QED) is 0.774. The molecule has 0 unspecified atom stereocenters. The van der Waals surface area contributed by atoms with Gasteiger partial charge >= 0.3 is 0 Å². The Morgan fingerprint density at radius 3 is 2.27 bits per heavy atom. The lowest BCUT2D eigenvalue weighted by molar-refractivity contribution is 0.407. The number of halogens is 1. The minimum absolute atomic E-state index is 0.374. The zero-order valence-electron chi connectivity index (χ0n) is 10.00. The maximum Gasteiger partial charge on any atom is 0.225 e. The smallest absolute Gasteiger partial charge is 0.225 e. The van der Waals surface area contributed by atoms with Crippen molar-refractivity contribution in [3.05, 3.63) is 11.1 Å². The SMILES string of the molecule is CCC(CC)Cn1c(Cl)nnc1C(C)C. The summed E-state index contributed by atoms with van der Waals surface area (Å²) in [4.78, 5) is 0. The Morgan fingerprint density at radius 1 is 1.20 bits per heavy atom. The van der Waals surface area contributed by atoms with Crippen molar-refractivity contribution < 1.29 is 0 Å². The van der Waals surface area contributed by atoms with Crippen LogP contribution in [0.5, 0.6) is 0 Å². The maximum atomic E-state index is 6.04. The molecule has 0 aliphatic heterocycles. The van der Waals surface area contributed by atoms with Gasteiger partial charge in [-0.05, 0) is 17.5 Å². The first-order valence-corrected chi connectivity index (χ1v) is 6.06. The van der Waals surface area contributed by atoms with E-state index in [4.69, 9.17) is 11.6 Å². The second-order valence-corrected chi connectivity index (χ2v) is 4.61. The molecule has 3 nitrogen and oxygen atoms in total. The van der Waals surface area contributed by atoms with Gasteiger partial charge in [0.1, 0.15) is 5.82 Å². The minimum Gasteiger partial charge on any atom is -0.301 e. The normalized spacial score (nSPS) is 11.7. The number of hydrogen-bond donors (Lipinski definition) is 0. The Hall–Kier alpha value is -0.570. The molecule has 15 heavy (non-hydrogen) atoms. The topological polar surface area (TPSA) is 30.7 Å². The molecule has 86 valence electrons. The van der Waals surface area contributed by atoms with Crippen LogP contribution in [0.2, 0.25) is 5.28 Å². The first kappa shape index (κ1) is 12.5. The standard InChI is InChI=1S/C11H20ClN3/c1-5-9(6-2)7-15-10(8(3)4)13-14-11(15)12/h8-9H,5-7H2,1-4H3. The number of rotatable bonds is 5. The largest absolute Gasteiger partial charge is 0.301 e. The van der Waals surface area contributed by atoms with E-state index < -0.39 is 0 Å². The van der Waals surface area contributed by atoms with E-state index in [2.05, 4.69) is 37.9 Å². The molecular formula is C11H20ClN3. The summed E-state index contributed by atoms with van der Waals surface area (Å²) in [7, 11) is 0. The van der Waals surface area contributed by atoms with Crippen LogP contribution < -0.4 is 0 Å². The predicted molar refractivity (Wildman–Crippen MR) is 63.2 cm³/mol. The van der Waals surface area contributed by atoms with Crippen LogP contribution in [0.3, 0.4) is 0 Å². The molecule has 0 fully saturated rings. The Bertz CT molecular complexity index is 303. The maximum absolute atomic E-state index is 6.04. The summed E-state index contributed by atoms with van der Waals surface area (Å²) in [6, 6.07) is 0. The third-order valence-corrected chi connectivity index (χ3v) is 3.13. The highest BCUT2D eigenvalue weighted by Crippen LogP contribution is 2.20. The van der Waals surface area contributed by atoms with E-state index in [0.29, 0.717) is 17.1 Å². The second-order valence-electron chi connectivity index (χ2n) is 4.28. The van der Waals surface area contributed by atoms with Crippen LogP contribution in [0.4, 0.5) is 0 Å². The fourth-order valence-electron chi connectivity index (χ4n) is 1.70. The van der Waals surface area contributed by atoms with Crippen LogP contribution in [0.1, 0.15) is 52.3 Å². The molecule has 1 rings (SSSR count). The van der Waals surface area contributed by atoms with Crippen LogP contribution >= 0.6 is 11.6 Å². The van der Waals surface area contributed by atoms with Crippen LogP contribution in [0.25, 0.3) is 0 Å². The van der Waals surface area contributed by atoms with Crippen molar-refractivity contribution in [1.29, 1.82) is 0 Å². The summed E-state index contributed by atoms with van der Waals surface area (Å²) in [5, 5.41) is 8.57. The zero-order valence-corrected chi connectivity index (χ0v) is 10.8. The van der Waals surface area contributed by atoms with Gasteiger partial charge in [-0.1, -0.05) is 40.5 Å². The van der Waals surface area contributed by atoms with E-state index in [1.54, 1.807) is 0 Å². The van der Waals surface area contributed by atoms with Gasteiger partial charge in [0, 0.05) is 12.5 Å². The molecule has 0 amide bonds. The van der Waals surface area contributed by atoms with Crippen molar-refractivity contribution in [2.45, 2.75) is 53.0 Å². The molecule has 0 N–H and O–H groups in total. The predicted octanol–water partition coefficient (Wildman–Crippen LogP) is 3.49. The second kappa shape index (κ2) is 5.50. The molecule has 0 aliphatic carbocycles. The van der Waals surface area contributed by atoms with Gasteiger partial charge in [0.15, 0.2) is 0 Å². The average molecular weight is 230 g/mol. The molecule has 1 heterocycles. The van der Waals surface area contributed by atoms with E-state index in [1.165, 1.54) is 12.8 Å². The summed E-state index contributed by atoms with van der Waals surface area (Å²) in [6.45, 7) is 9.59. The van der Waals surface area contributed by atoms with Gasteiger partial charge in [-0.2, -0.15) is 0 Å². The van der Waals surface area contributed by atoms with Gasteiger partial charge in [-0.3, -0.25) is 0 Å². The molecule has 1 aromatic heterocycles. The van der Waals surface area contributed by atoms with Crippen molar-refractivity contribution >= 4 is 11.6 Å². The van der Waals surface area contributed by atoms with Gasteiger partial charge in [0.2, 0.25) is 5.28 Å². The molecule has 0 aliphatic rings. The van der Waals surface area contributed by atoms with E-state index in [0.717, 1.165) is 12.4 Å². The molecule has 0 spiro atoms. The van der Waals surface area contributed by atoms with Crippen LogP contribution in [-0.4, -0.2) is 14.8 Å². The van der Waals surface area contributed by atoms with Crippen molar-refractivity contribution in [1.82, 2.24) is 14.8 Å². The molecular weight excluding hydrogens is 210 g/mol. The van der Waals surface area contributed by atoms with Crippen LogP contribution in [-0.2, 0) is 6.54 Å². The fraction of sp³-hybridized carbons (Fsp3) is 0.818. The molecule has 0 bridgehead atoms. The fourth-order valence-corrected chi connectivity index (χ4v) is 1.89. The molecule has 0 saturated carbocycles. The van der Waals surface area contributed by atoms with Gasteiger partial charge in [0.25, 0.3) is 0 Å². The monoisotopic (exact) mass is 229 g/mol. The molecule has 1 aromatic rings. The summed E-state index contributed by atoms with van der Waals surface area (Å²) >= 11 is 6.04. The summed E-state index contributed by atoms with van der Waals surface area (Å²) in [6.07, 6.45) is 2.34. The van der Waals surface area contributed by atoms with E-state index in [-0.39, 0.29) is 0 Å². The highest BCUT2D eigenvalue weighted by Gasteiger charge is 2.15. The van der Waals surface area contributed by atoms with Gasteiger partial charge < -0.3 is 4.57 Å². The van der Waals surface area contributed by atoms with E-state index >= 15 is 0 Å². The highest BCUT2D eigenvalue weighted by molar-refractivity contribution is 6.28. The lowest BCUT2D eigenvalue weighted by Gasteiger charge is -2.16. The average Bonchev–Trinajstić information content (AvgIpc) is 2.56. The van der Waals surface area contributed by atoms with Crippen molar-refractivity contribution in [2.24, 2.45) is 5.92 Å². The van der Waals surface area contributed by atoms with Crippen molar-refractivity contribution in [3.63, 3.8) is 0 Å². The van der Waals surface area contributed by atoms with Crippen LogP contribution in [0.15, 0.2) is 0 Å². The third-order valence-electron chi connectivity index (χ3n) is 2.85. The molecule has 4 heteroatoms. The Morgan fingerprint density at radius 2 is 1.80 bits per heavy atom. The van der Waals surface area contributed by atoms with E-state index in [1.807, 2.05) is 4.57 Å². The van der Waals surface area contributed by atoms with Crippen LogP contribution in [0, 0.1) is 5.92 Å². The molecule has 0 aromatic carbocycles. The summed E-state index contributed by atoms with van der Waals surface area (Å²) < 4.78 is 2.05. The number of nitrogens with zero attached hydrogens (tertiary/aromatic N) is 3. The van der Waals surface area contributed by atoms with Crippen molar-refractivity contribution in [2.75, 3.05) is 0 Å². The van der Waals surface area contributed by atoms with Gasteiger partial charge in [-0.15, -0.1) is 10.2 Å². The summed E-state index contributed by atoms with van der Waals surface area (Å²) in [5.74, 6) is 2.03. The highest BCUT2D eigenvalue weighted by atomic mass is 35.5. The lowest BCUT2D eigenvalue weighted by atomic mass is 10.0. The number of hydrogen-bond acceptors (Lipinski definition) is 2. The Kier molecular flexibility index (Phi) is 4.58.